The Morgan fingerprint density at radius 2 is 1.91 bits per heavy atom. The van der Waals surface area contributed by atoms with E-state index in [1.807, 2.05) is 31.2 Å². The molecule has 0 atom stereocenters. The second-order valence-electron chi connectivity index (χ2n) is 5.00. The first kappa shape index (κ1) is 15.6. The Bertz CT molecular complexity index is 679. The molecule has 5 nitrogen and oxygen atoms in total. The van der Waals surface area contributed by atoms with Crippen LogP contribution in [0.15, 0.2) is 53.6 Å². The molecule has 2 aromatic rings. The first-order chi connectivity index (χ1) is 10.5. The van der Waals surface area contributed by atoms with Gasteiger partial charge in [0.15, 0.2) is 0 Å². The molecule has 0 aromatic heterocycles. The fourth-order valence-corrected chi connectivity index (χ4v) is 1.89. The molecule has 1 amide bonds. The average molecular weight is 297 g/mol. The third-order valence-corrected chi connectivity index (χ3v) is 3.10. The maximum atomic E-state index is 11.8. The van der Waals surface area contributed by atoms with Crippen LogP contribution in [0.25, 0.3) is 0 Å². The molecule has 0 heterocycles. The highest BCUT2D eigenvalue weighted by atomic mass is 16.3. The number of hydrogen-bond acceptors (Lipinski definition) is 4. The van der Waals surface area contributed by atoms with E-state index < -0.39 is 0 Å². The smallest absolute Gasteiger partial charge is 0.259 e. The van der Waals surface area contributed by atoms with Crippen LogP contribution in [-0.2, 0) is 4.79 Å². The van der Waals surface area contributed by atoms with Crippen LogP contribution in [0.4, 0.5) is 5.69 Å². The van der Waals surface area contributed by atoms with Crippen molar-refractivity contribution in [1.29, 1.82) is 0 Å². The van der Waals surface area contributed by atoms with E-state index >= 15 is 0 Å². The molecule has 114 valence electrons. The number of anilines is 1. The molecule has 0 bridgehead atoms. The Hall–Kier alpha value is -2.82. The summed E-state index contributed by atoms with van der Waals surface area (Å²) in [4.78, 5) is 11.8. The standard InChI is InChI=1S/C17H19N3O2/c1-12-4-3-5-15(10-12)18-11-17(22)20-19-13(2)14-6-8-16(21)9-7-14/h3-10,18,21H,11H2,1-2H3,(H,20,22). The highest BCUT2D eigenvalue weighted by Gasteiger charge is 2.02. The van der Waals surface area contributed by atoms with Crippen LogP contribution < -0.4 is 10.7 Å². The monoisotopic (exact) mass is 297 g/mol. The van der Waals surface area contributed by atoms with Crippen LogP contribution in [0.5, 0.6) is 5.75 Å². The molecule has 0 aliphatic rings. The van der Waals surface area contributed by atoms with Gasteiger partial charge in [-0.2, -0.15) is 5.10 Å². The lowest BCUT2D eigenvalue weighted by atomic mass is 10.1. The van der Waals surface area contributed by atoms with Gasteiger partial charge in [0.1, 0.15) is 5.75 Å². The van der Waals surface area contributed by atoms with Crippen LogP contribution >= 0.6 is 0 Å². The molecular weight excluding hydrogens is 278 g/mol. The number of phenolic OH excluding ortho intramolecular Hbond substituents is 1. The molecule has 2 aromatic carbocycles. The summed E-state index contributed by atoms with van der Waals surface area (Å²) < 4.78 is 0. The van der Waals surface area contributed by atoms with Crippen molar-refractivity contribution in [2.24, 2.45) is 5.10 Å². The number of nitrogens with one attached hydrogen (secondary N) is 2. The number of nitrogens with zero attached hydrogens (tertiary/aromatic N) is 1. The third kappa shape index (κ3) is 4.63. The van der Waals surface area contributed by atoms with Crippen molar-refractivity contribution >= 4 is 17.3 Å². The summed E-state index contributed by atoms with van der Waals surface area (Å²) in [6.45, 7) is 3.94. The van der Waals surface area contributed by atoms with Crippen molar-refractivity contribution < 1.29 is 9.90 Å². The SMILES string of the molecule is CC(=NNC(=O)CNc1cccc(C)c1)c1ccc(O)cc1. The van der Waals surface area contributed by atoms with E-state index in [0.717, 1.165) is 16.8 Å². The van der Waals surface area contributed by atoms with Gasteiger partial charge in [-0.3, -0.25) is 4.79 Å². The Balaban J connectivity index is 1.86. The Labute approximate surface area is 129 Å². The number of carbonyl (C=O) groups is 1. The van der Waals surface area contributed by atoms with Crippen LogP contribution in [-0.4, -0.2) is 23.3 Å². The first-order valence-corrected chi connectivity index (χ1v) is 6.97. The molecule has 0 aliphatic carbocycles. The molecule has 0 unspecified atom stereocenters. The number of aromatic hydroxyl groups is 1. The molecular formula is C17H19N3O2. The summed E-state index contributed by atoms with van der Waals surface area (Å²) in [5.74, 6) is -0.0254. The van der Waals surface area contributed by atoms with E-state index in [1.165, 1.54) is 0 Å². The van der Waals surface area contributed by atoms with E-state index in [9.17, 15) is 9.90 Å². The van der Waals surface area contributed by atoms with Crippen molar-refractivity contribution in [2.75, 3.05) is 11.9 Å². The molecule has 0 spiro atoms. The number of amides is 1. The van der Waals surface area contributed by atoms with Gasteiger partial charge in [-0.05, 0) is 61.4 Å². The van der Waals surface area contributed by atoms with E-state index in [0.29, 0.717) is 5.71 Å². The van der Waals surface area contributed by atoms with Gasteiger partial charge in [0.25, 0.3) is 5.91 Å². The number of aryl methyl sites for hydroxylation is 1. The summed E-state index contributed by atoms with van der Waals surface area (Å²) in [7, 11) is 0. The van der Waals surface area contributed by atoms with E-state index in [-0.39, 0.29) is 18.2 Å². The van der Waals surface area contributed by atoms with Crippen LogP contribution in [0.1, 0.15) is 18.1 Å². The predicted molar refractivity (Wildman–Crippen MR) is 88.1 cm³/mol. The molecule has 0 saturated heterocycles. The zero-order valence-electron chi connectivity index (χ0n) is 12.6. The Morgan fingerprint density at radius 1 is 1.18 bits per heavy atom. The van der Waals surface area contributed by atoms with Gasteiger partial charge < -0.3 is 10.4 Å². The van der Waals surface area contributed by atoms with E-state index in [2.05, 4.69) is 15.8 Å². The topological polar surface area (TPSA) is 73.7 Å². The Morgan fingerprint density at radius 3 is 2.59 bits per heavy atom. The van der Waals surface area contributed by atoms with Gasteiger partial charge in [-0.25, -0.2) is 5.43 Å². The molecule has 0 aliphatic heterocycles. The fraction of sp³-hybridized carbons (Fsp3) is 0.176. The van der Waals surface area contributed by atoms with Gasteiger partial charge >= 0.3 is 0 Å². The maximum absolute atomic E-state index is 11.8. The maximum Gasteiger partial charge on any atom is 0.259 e. The summed E-state index contributed by atoms with van der Waals surface area (Å²) in [6, 6.07) is 14.4. The molecule has 0 radical (unpaired) electrons. The highest BCUT2D eigenvalue weighted by molar-refractivity contribution is 5.99. The van der Waals surface area contributed by atoms with Crippen LogP contribution in [0.2, 0.25) is 0 Å². The zero-order chi connectivity index (χ0) is 15.9. The number of hydrazone groups is 1. The Kier molecular flexibility index (Phi) is 5.14. The minimum Gasteiger partial charge on any atom is -0.508 e. The fourth-order valence-electron chi connectivity index (χ4n) is 1.89. The molecule has 0 saturated carbocycles. The van der Waals surface area contributed by atoms with Gasteiger partial charge in [0.05, 0.1) is 12.3 Å². The van der Waals surface area contributed by atoms with Crippen molar-refractivity contribution in [2.45, 2.75) is 13.8 Å². The van der Waals surface area contributed by atoms with Crippen molar-refractivity contribution in [3.05, 3.63) is 59.7 Å². The molecule has 0 fully saturated rings. The van der Waals surface area contributed by atoms with Crippen LogP contribution in [0.3, 0.4) is 0 Å². The number of carbonyl (C=O) groups excluding carboxylic acids is 1. The second kappa shape index (κ2) is 7.26. The van der Waals surface area contributed by atoms with Crippen LogP contribution in [0, 0.1) is 6.92 Å². The zero-order valence-corrected chi connectivity index (χ0v) is 12.6. The lowest BCUT2D eigenvalue weighted by molar-refractivity contribution is -0.119. The summed E-state index contributed by atoms with van der Waals surface area (Å²) in [5, 5.41) is 16.3. The highest BCUT2D eigenvalue weighted by Crippen LogP contribution is 2.10. The van der Waals surface area contributed by atoms with Crippen molar-refractivity contribution in [3.63, 3.8) is 0 Å². The summed E-state index contributed by atoms with van der Waals surface area (Å²) in [5.41, 5.74) is 6.04. The molecule has 22 heavy (non-hydrogen) atoms. The average Bonchev–Trinajstić information content (AvgIpc) is 2.51. The molecule has 2 rings (SSSR count). The molecule has 3 N–H and O–H groups in total. The molecule has 5 heteroatoms. The minimum atomic E-state index is -0.223. The van der Waals surface area contributed by atoms with Gasteiger partial charge in [-0.15, -0.1) is 0 Å². The predicted octanol–water partition coefficient (Wildman–Crippen LogP) is 2.65. The number of rotatable bonds is 5. The number of hydrogen-bond donors (Lipinski definition) is 3. The first-order valence-electron chi connectivity index (χ1n) is 6.97. The normalized spacial score (nSPS) is 11.1. The van der Waals surface area contributed by atoms with Crippen molar-refractivity contribution in [3.8, 4) is 5.75 Å². The van der Waals surface area contributed by atoms with Crippen molar-refractivity contribution in [1.82, 2.24) is 5.43 Å². The summed E-state index contributed by atoms with van der Waals surface area (Å²) in [6.07, 6.45) is 0. The van der Waals surface area contributed by atoms with Gasteiger partial charge in [-0.1, -0.05) is 12.1 Å². The minimum absolute atomic E-state index is 0.149. The quantitative estimate of drug-likeness (QED) is 0.587. The third-order valence-electron chi connectivity index (χ3n) is 3.10. The number of benzene rings is 2. The largest absolute Gasteiger partial charge is 0.508 e. The van der Waals surface area contributed by atoms with Gasteiger partial charge in [0.2, 0.25) is 0 Å². The van der Waals surface area contributed by atoms with E-state index in [4.69, 9.17) is 0 Å². The second-order valence-corrected chi connectivity index (χ2v) is 5.00. The number of phenols is 1. The van der Waals surface area contributed by atoms with Gasteiger partial charge in [0, 0.05) is 5.69 Å². The lowest BCUT2D eigenvalue weighted by Crippen LogP contribution is -2.26. The van der Waals surface area contributed by atoms with E-state index in [1.54, 1.807) is 31.2 Å². The lowest BCUT2D eigenvalue weighted by Gasteiger charge is -2.07. The summed E-state index contributed by atoms with van der Waals surface area (Å²) >= 11 is 0.